The predicted molar refractivity (Wildman–Crippen MR) is 126 cm³/mol. The van der Waals surface area contributed by atoms with E-state index in [1.807, 2.05) is 62.3 Å². The maximum absolute atomic E-state index is 13.4. The van der Waals surface area contributed by atoms with Crippen LogP contribution in [0.1, 0.15) is 36.8 Å². The van der Waals surface area contributed by atoms with Crippen LogP contribution in [0.5, 0.6) is 0 Å². The van der Waals surface area contributed by atoms with Gasteiger partial charge in [-0.2, -0.15) is 0 Å². The van der Waals surface area contributed by atoms with Crippen molar-refractivity contribution >= 4 is 35.0 Å². The van der Waals surface area contributed by atoms with Crippen molar-refractivity contribution in [1.82, 2.24) is 15.5 Å². The predicted octanol–water partition coefficient (Wildman–Crippen LogP) is 3.99. The molecule has 1 aliphatic rings. The van der Waals surface area contributed by atoms with E-state index in [-0.39, 0.29) is 17.7 Å². The molecule has 2 amide bonds. The summed E-state index contributed by atoms with van der Waals surface area (Å²) in [5.41, 5.74) is 1.04. The summed E-state index contributed by atoms with van der Waals surface area (Å²) in [6.07, 6.45) is 1.38. The molecule has 2 aromatic rings. The molecule has 2 aromatic carbocycles. The summed E-state index contributed by atoms with van der Waals surface area (Å²) in [5.74, 6) is -0.558. The van der Waals surface area contributed by atoms with Gasteiger partial charge in [0.05, 0.1) is 5.41 Å². The first kappa shape index (κ1) is 23.6. The van der Waals surface area contributed by atoms with E-state index in [1.165, 1.54) is 0 Å². The van der Waals surface area contributed by atoms with Crippen molar-refractivity contribution in [2.75, 3.05) is 27.2 Å². The van der Waals surface area contributed by atoms with Crippen LogP contribution in [-0.2, 0) is 15.0 Å². The number of benzene rings is 2. The van der Waals surface area contributed by atoms with Crippen LogP contribution in [0.4, 0.5) is 0 Å². The van der Waals surface area contributed by atoms with Gasteiger partial charge in [0.1, 0.15) is 6.04 Å². The molecular formula is C24H29Cl2N3O2. The minimum atomic E-state index is -0.708. The van der Waals surface area contributed by atoms with Crippen LogP contribution >= 0.6 is 23.2 Å². The molecule has 0 radical (unpaired) electrons. The van der Waals surface area contributed by atoms with E-state index in [1.54, 1.807) is 12.1 Å². The number of nitrogens with one attached hydrogen (secondary N) is 2. The summed E-state index contributed by atoms with van der Waals surface area (Å²) in [5, 5.41) is 7.01. The molecule has 3 rings (SSSR count). The Morgan fingerprint density at radius 2 is 1.77 bits per heavy atom. The van der Waals surface area contributed by atoms with Crippen molar-refractivity contribution in [1.29, 1.82) is 0 Å². The molecule has 1 saturated carbocycles. The number of rotatable bonds is 9. The largest absolute Gasteiger partial charge is 0.353 e. The zero-order chi connectivity index (χ0) is 22.6. The molecule has 0 spiro atoms. The topological polar surface area (TPSA) is 61.4 Å². The van der Waals surface area contributed by atoms with E-state index in [4.69, 9.17) is 23.2 Å². The maximum Gasteiger partial charge on any atom is 0.243 e. The van der Waals surface area contributed by atoms with Gasteiger partial charge in [0.15, 0.2) is 0 Å². The molecule has 2 N–H and O–H groups in total. The Hall–Kier alpha value is -2.08. The second kappa shape index (κ2) is 10.0. The third kappa shape index (κ3) is 5.59. The Bertz CT molecular complexity index is 930. The molecule has 1 fully saturated rings. The zero-order valence-electron chi connectivity index (χ0n) is 18.1. The monoisotopic (exact) mass is 461 g/mol. The number of amides is 2. The molecule has 0 aliphatic heterocycles. The summed E-state index contributed by atoms with van der Waals surface area (Å²) in [6, 6.07) is 14.3. The number of hydrogen-bond donors (Lipinski definition) is 2. The third-order valence-electron chi connectivity index (χ3n) is 5.88. The Kier molecular flexibility index (Phi) is 7.63. The number of halogens is 2. The van der Waals surface area contributed by atoms with Gasteiger partial charge in [0.2, 0.25) is 11.8 Å². The van der Waals surface area contributed by atoms with Gasteiger partial charge in [-0.1, -0.05) is 66.5 Å². The lowest BCUT2D eigenvalue weighted by Gasteiger charge is -2.27. The molecule has 1 aliphatic carbocycles. The lowest BCUT2D eigenvalue weighted by atomic mass is 9.90. The molecule has 0 saturated heterocycles. The Morgan fingerprint density at radius 3 is 2.35 bits per heavy atom. The molecule has 2 unspecified atom stereocenters. The molecule has 166 valence electrons. The lowest BCUT2D eigenvalue weighted by Crippen LogP contribution is -2.52. The Balaban J connectivity index is 1.82. The maximum atomic E-state index is 13.4. The molecule has 0 heterocycles. The Morgan fingerprint density at radius 1 is 1.10 bits per heavy atom. The van der Waals surface area contributed by atoms with Crippen molar-refractivity contribution < 1.29 is 9.59 Å². The second-order valence-corrected chi connectivity index (χ2v) is 9.29. The van der Waals surface area contributed by atoms with Crippen molar-refractivity contribution in [3.05, 3.63) is 69.7 Å². The minimum absolute atomic E-state index is 0.174. The van der Waals surface area contributed by atoms with Gasteiger partial charge in [-0.15, -0.1) is 0 Å². The molecule has 5 nitrogen and oxygen atoms in total. The van der Waals surface area contributed by atoms with Crippen molar-refractivity contribution in [3.63, 3.8) is 0 Å². The summed E-state index contributed by atoms with van der Waals surface area (Å²) < 4.78 is 0. The van der Waals surface area contributed by atoms with E-state index >= 15 is 0 Å². The number of likely N-dealkylation sites (N-methyl/N-ethyl adjacent to an activating group) is 1. The zero-order valence-corrected chi connectivity index (χ0v) is 19.6. The second-order valence-electron chi connectivity index (χ2n) is 8.45. The van der Waals surface area contributed by atoms with Crippen LogP contribution in [0, 0.1) is 0 Å². The normalized spacial score (nSPS) is 16.5. The lowest BCUT2D eigenvalue weighted by molar-refractivity contribution is -0.130. The third-order valence-corrected chi connectivity index (χ3v) is 6.43. The average molecular weight is 462 g/mol. The number of hydrogen-bond acceptors (Lipinski definition) is 3. The van der Waals surface area contributed by atoms with Gasteiger partial charge in [-0.05, 0) is 50.2 Å². The van der Waals surface area contributed by atoms with Crippen LogP contribution in [-0.4, -0.2) is 49.9 Å². The molecular weight excluding hydrogens is 433 g/mol. The van der Waals surface area contributed by atoms with Crippen LogP contribution in [0.15, 0.2) is 48.5 Å². The standard InChI is InChI=1S/C24H29Cl2N3O2/c1-16(17-7-5-4-6-8-17)21(22(30)27-13-14-29(2)3)28-23(31)24(11-12-24)19-10-9-18(25)15-20(19)26/h4-10,15-16,21H,11-14H2,1-3H3,(H,27,30)(H,28,31). The van der Waals surface area contributed by atoms with Gasteiger partial charge in [-0.3, -0.25) is 9.59 Å². The van der Waals surface area contributed by atoms with Gasteiger partial charge in [-0.25, -0.2) is 0 Å². The first-order chi connectivity index (χ1) is 14.7. The fourth-order valence-corrected chi connectivity index (χ4v) is 4.37. The fourth-order valence-electron chi connectivity index (χ4n) is 3.78. The minimum Gasteiger partial charge on any atom is -0.353 e. The highest BCUT2D eigenvalue weighted by atomic mass is 35.5. The van der Waals surface area contributed by atoms with Crippen LogP contribution in [0.3, 0.4) is 0 Å². The average Bonchev–Trinajstić information content (AvgIpc) is 3.53. The van der Waals surface area contributed by atoms with E-state index in [0.717, 1.165) is 17.7 Å². The van der Waals surface area contributed by atoms with E-state index in [0.29, 0.717) is 29.4 Å². The molecule has 2 atom stereocenters. The van der Waals surface area contributed by atoms with E-state index < -0.39 is 11.5 Å². The first-order valence-corrected chi connectivity index (χ1v) is 11.2. The van der Waals surface area contributed by atoms with Crippen LogP contribution in [0.2, 0.25) is 10.0 Å². The van der Waals surface area contributed by atoms with Crippen molar-refractivity contribution in [2.24, 2.45) is 0 Å². The molecule has 7 heteroatoms. The first-order valence-electron chi connectivity index (χ1n) is 10.5. The summed E-state index contributed by atoms with van der Waals surface area (Å²) in [6.45, 7) is 3.19. The number of carbonyl (C=O) groups excluding carboxylic acids is 2. The highest BCUT2D eigenvalue weighted by Gasteiger charge is 2.53. The van der Waals surface area contributed by atoms with Gasteiger partial charge in [0, 0.05) is 29.1 Å². The van der Waals surface area contributed by atoms with Crippen LogP contribution < -0.4 is 10.6 Å². The summed E-state index contributed by atoms with van der Waals surface area (Å²) in [7, 11) is 3.90. The SMILES string of the molecule is CC(c1ccccc1)C(NC(=O)C1(c2ccc(Cl)cc2Cl)CC1)C(=O)NCCN(C)C. The summed E-state index contributed by atoms with van der Waals surface area (Å²) in [4.78, 5) is 28.5. The summed E-state index contributed by atoms with van der Waals surface area (Å²) >= 11 is 12.4. The van der Waals surface area contributed by atoms with Crippen molar-refractivity contribution in [3.8, 4) is 0 Å². The van der Waals surface area contributed by atoms with E-state index in [2.05, 4.69) is 10.6 Å². The number of carbonyl (C=O) groups is 2. The quantitative estimate of drug-likeness (QED) is 0.593. The Labute approximate surface area is 194 Å². The molecule has 31 heavy (non-hydrogen) atoms. The van der Waals surface area contributed by atoms with Crippen LogP contribution in [0.25, 0.3) is 0 Å². The van der Waals surface area contributed by atoms with Gasteiger partial charge >= 0.3 is 0 Å². The fraction of sp³-hybridized carbons (Fsp3) is 0.417. The highest BCUT2D eigenvalue weighted by molar-refractivity contribution is 6.35. The molecule has 0 aromatic heterocycles. The van der Waals surface area contributed by atoms with Gasteiger partial charge in [0.25, 0.3) is 0 Å². The highest BCUT2D eigenvalue weighted by Crippen LogP contribution is 2.51. The smallest absolute Gasteiger partial charge is 0.243 e. The van der Waals surface area contributed by atoms with Gasteiger partial charge < -0.3 is 15.5 Å². The number of nitrogens with zero attached hydrogens (tertiary/aromatic N) is 1. The molecule has 0 bridgehead atoms. The van der Waals surface area contributed by atoms with Crippen molar-refractivity contribution in [2.45, 2.75) is 37.1 Å². The van der Waals surface area contributed by atoms with E-state index in [9.17, 15) is 9.59 Å².